The van der Waals surface area contributed by atoms with Gasteiger partial charge in [0, 0.05) is 11.6 Å². The van der Waals surface area contributed by atoms with Gasteiger partial charge in [0.25, 0.3) is 0 Å². The molecule has 15 heavy (non-hydrogen) atoms. The molecule has 0 atom stereocenters. The monoisotopic (exact) mass is 198 g/mol. The summed E-state index contributed by atoms with van der Waals surface area (Å²) < 4.78 is 0. The molecule has 0 saturated carbocycles. The van der Waals surface area contributed by atoms with Crippen molar-refractivity contribution in [1.82, 2.24) is 0 Å². The summed E-state index contributed by atoms with van der Waals surface area (Å²) in [7, 11) is 0. The number of rotatable bonds is 2. The number of ketones is 1. The van der Waals surface area contributed by atoms with E-state index >= 15 is 0 Å². The molecule has 2 aromatic rings. The number of allylic oxidation sites excluding steroid dienone is 1. The highest BCUT2D eigenvalue weighted by Gasteiger charge is 2.02. The van der Waals surface area contributed by atoms with Gasteiger partial charge in [-0.3, -0.25) is 4.79 Å². The molecule has 2 heteroatoms. The van der Waals surface area contributed by atoms with Crippen molar-refractivity contribution in [1.29, 1.82) is 0 Å². The zero-order valence-electron chi connectivity index (χ0n) is 8.05. The van der Waals surface area contributed by atoms with E-state index in [4.69, 9.17) is 5.11 Å². The van der Waals surface area contributed by atoms with Crippen LogP contribution in [0.5, 0.6) is 0 Å². The van der Waals surface area contributed by atoms with Crippen LogP contribution in [0.1, 0.15) is 10.4 Å². The highest BCUT2D eigenvalue weighted by molar-refractivity contribution is 6.06. The van der Waals surface area contributed by atoms with Gasteiger partial charge in [-0.05, 0) is 16.8 Å². The topological polar surface area (TPSA) is 37.3 Å². The average Bonchev–Trinajstić information content (AvgIpc) is 2.29. The molecule has 2 aromatic carbocycles. The molecule has 0 aliphatic heterocycles. The molecule has 0 amide bonds. The van der Waals surface area contributed by atoms with E-state index in [2.05, 4.69) is 0 Å². The van der Waals surface area contributed by atoms with Crippen LogP contribution in [0.25, 0.3) is 10.8 Å². The van der Waals surface area contributed by atoms with Crippen LogP contribution in [-0.4, -0.2) is 10.9 Å². The smallest absolute Gasteiger partial charge is 0.188 e. The largest absolute Gasteiger partial charge is 0.515 e. The van der Waals surface area contributed by atoms with E-state index in [1.165, 1.54) is 0 Å². The number of aliphatic hydroxyl groups excluding tert-OH is 1. The van der Waals surface area contributed by atoms with Gasteiger partial charge in [0.05, 0.1) is 6.26 Å². The Labute approximate surface area is 87.5 Å². The molecule has 0 saturated heterocycles. The number of hydrogen-bond acceptors (Lipinski definition) is 2. The van der Waals surface area contributed by atoms with Gasteiger partial charge < -0.3 is 5.11 Å². The van der Waals surface area contributed by atoms with Gasteiger partial charge in [-0.2, -0.15) is 0 Å². The van der Waals surface area contributed by atoms with E-state index in [0.29, 0.717) is 5.56 Å². The molecule has 1 N–H and O–H groups in total. The zero-order chi connectivity index (χ0) is 10.7. The first-order valence-corrected chi connectivity index (χ1v) is 4.65. The van der Waals surface area contributed by atoms with E-state index in [1.807, 2.05) is 36.4 Å². The predicted octanol–water partition coefficient (Wildman–Crippen LogP) is 3.09. The first-order chi connectivity index (χ1) is 7.31. The fourth-order valence-corrected chi connectivity index (χ4v) is 1.51. The third-order valence-electron chi connectivity index (χ3n) is 2.26. The van der Waals surface area contributed by atoms with Gasteiger partial charge in [0.1, 0.15) is 0 Å². The minimum absolute atomic E-state index is 0.191. The maximum absolute atomic E-state index is 11.4. The Kier molecular flexibility index (Phi) is 2.50. The Morgan fingerprint density at radius 1 is 1.07 bits per heavy atom. The molecule has 0 fully saturated rings. The SMILES string of the molecule is O=C(/C=C\O)c1ccc2ccccc2c1. The third-order valence-corrected chi connectivity index (χ3v) is 2.26. The minimum Gasteiger partial charge on any atom is -0.515 e. The maximum Gasteiger partial charge on any atom is 0.188 e. The first kappa shape index (κ1) is 9.46. The quantitative estimate of drug-likeness (QED) is 0.457. The van der Waals surface area contributed by atoms with E-state index in [9.17, 15) is 4.79 Å². The lowest BCUT2D eigenvalue weighted by Gasteiger charge is -1.99. The normalized spacial score (nSPS) is 10.9. The van der Waals surface area contributed by atoms with Crippen LogP contribution in [0.15, 0.2) is 54.8 Å². The summed E-state index contributed by atoms with van der Waals surface area (Å²) in [5.74, 6) is -0.191. The van der Waals surface area contributed by atoms with Crippen molar-refractivity contribution in [3.63, 3.8) is 0 Å². The molecule has 0 aromatic heterocycles. The molecule has 0 bridgehead atoms. The Balaban J connectivity index is 2.51. The van der Waals surface area contributed by atoms with Crippen LogP contribution in [0, 0.1) is 0 Å². The van der Waals surface area contributed by atoms with Crippen molar-refractivity contribution < 1.29 is 9.90 Å². The highest BCUT2D eigenvalue weighted by atomic mass is 16.2. The van der Waals surface area contributed by atoms with Gasteiger partial charge in [-0.15, -0.1) is 0 Å². The van der Waals surface area contributed by atoms with E-state index in [0.717, 1.165) is 23.1 Å². The third kappa shape index (κ3) is 1.89. The summed E-state index contributed by atoms with van der Waals surface area (Å²) in [5, 5.41) is 10.6. The van der Waals surface area contributed by atoms with Crippen LogP contribution < -0.4 is 0 Å². The Morgan fingerprint density at radius 2 is 1.80 bits per heavy atom. The second-order valence-corrected chi connectivity index (χ2v) is 3.24. The zero-order valence-corrected chi connectivity index (χ0v) is 8.05. The number of carbonyl (C=O) groups is 1. The summed E-state index contributed by atoms with van der Waals surface area (Å²) >= 11 is 0. The summed E-state index contributed by atoms with van der Waals surface area (Å²) in [6, 6.07) is 13.3. The number of carbonyl (C=O) groups excluding carboxylic acids is 1. The highest BCUT2D eigenvalue weighted by Crippen LogP contribution is 2.16. The van der Waals surface area contributed by atoms with Crippen LogP contribution in [0.2, 0.25) is 0 Å². The molecule has 0 heterocycles. The fraction of sp³-hybridized carbons (Fsp3) is 0. The molecule has 2 rings (SSSR count). The van der Waals surface area contributed by atoms with Gasteiger partial charge >= 0.3 is 0 Å². The van der Waals surface area contributed by atoms with Crippen molar-refractivity contribution in [3.05, 3.63) is 60.4 Å². The van der Waals surface area contributed by atoms with Crippen LogP contribution in [0.4, 0.5) is 0 Å². The summed E-state index contributed by atoms with van der Waals surface area (Å²) in [5.41, 5.74) is 0.582. The maximum atomic E-state index is 11.4. The molecule has 0 aliphatic carbocycles. The van der Waals surface area contributed by atoms with Crippen molar-refractivity contribution in [3.8, 4) is 0 Å². The lowest BCUT2D eigenvalue weighted by Crippen LogP contribution is -1.93. The number of aliphatic hydroxyl groups is 1. The minimum atomic E-state index is -0.191. The van der Waals surface area contributed by atoms with Gasteiger partial charge in [0.2, 0.25) is 0 Å². The van der Waals surface area contributed by atoms with Gasteiger partial charge in [0.15, 0.2) is 5.78 Å². The lowest BCUT2D eigenvalue weighted by atomic mass is 10.0. The Hall–Kier alpha value is -2.09. The lowest BCUT2D eigenvalue weighted by molar-refractivity contribution is 0.104. The second-order valence-electron chi connectivity index (χ2n) is 3.24. The van der Waals surface area contributed by atoms with Gasteiger partial charge in [-0.1, -0.05) is 36.4 Å². The van der Waals surface area contributed by atoms with Crippen molar-refractivity contribution >= 4 is 16.6 Å². The van der Waals surface area contributed by atoms with Crippen molar-refractivity contribution in [2.75, 3.05) is 0 Å². The van der Waals surface area contributed by atoms with Crippen molar-refractivity contribution in [2.45, 2.75) is 0 Å². The molecule has 0 radical (unpaired) electrons. The number of hydrogen-bond donors (Lipinski definition) is 1. The molecule has 0 spiro atoms. The second kappa shape index (κ2) is 3.96. The first-order valence-electron chi connectivity index (χ1n) is 4.65. The van der Waals surface area contributed by atoms with Crippen LogP contribution in [0.3, 0.4) is 0 Å². The van der Waals surface area contributed by atoms with E-state index < -0.39 is 0 Å². The van der Waals surface area contributed by atoms with E-state index in [-0.39, 0.29) is 5.78 Å². The number of benzene rings is 2. The van der Waals surface area contributed by atoms with Gasteiger partial charge in [-0.25, -0.2) is 0 Å². The molecular formula is C13H10O2. The van der Waals surface area contributed by atoms with Crippen LogP contribution >= 0.6 is 0 Å². The molecule has 74 valence electrons. The average molecular weight is 198 g/mol. The summed E-state index contributed by atoms with van der Waals surface area (Å²) in [4.78, 5) is 11.4. The predicted molar refractivity (Wildman–Crippen MR) is 60.0 cm³/mol. The molecule has 2 nitrogen and oxygen atoms in total. The standard InChI is InChI=1S/C13H10O2/c14-8-7-13(15)12-6-5-10-3-1-2-4-11(10)9-12/h1-9,14H/b8-7-. The fourth-order valence-electron chi connectivity index (χ4n) is 1.51. The van der Waals surface area contributed by atoms with Crippen molar-refractivity contribution in [2.24, 2.45) is 0 Å². The molecule has 0 unspecified atom stereocenters. The number of fused-ring (bicyclic) bond motifs is 1. The Morgan fingerprint density at radius 3 is 2.53 bits per heavy atom. The van der Waals surface area contributed by atoms with E-state index in [1.54, 1.807) is 6.07 Å². The van der Waals surface area contributed by atoms with Crippen LogP contribution in [-0.2, 0) is 0 Å². The summed E-state index contributed by atoms with van der Waals surface area (Å²) in [6.45, 7) is 0. The summed E-state index contributed by atoms with van der Waals surface area (Å²) in [6.07, 6.45) is 1.90. The Bertz CT molecular complexity index is 527. The molecule has 0 aliphatic rings. The molecular weight excluding hydrogens is 188 g/mol.